The van der Waals surface area contributed by atoms with Crippen LogP contribution in [0.5, 0.6) is 0 Å². The van der Waals surface area contributed by atoms with Crippen LogP contribution in [-0.2, 0) is 27.7 Å². The first kappa shape index (κ1) is 27.8. The molecular weight excluding hydrogens is 542 g/mol. The van der Waals surface area contributed by atoms with E-state index in [0.717, 1.165) is 11.3 Å². The van der Waals surface area contributed by atoms with Gasteiger partial charge in [0.25, 0.3) is 0 Å². The van der Waals surface area contributed by atoms with E-state index in [4.69, 9.17) is 11.6 Å². The fourth-order valence-electron chi connectivity index (χ4n) is 3.92. The summed E-state index contributed by atoms with van der Waals surface area (Å²) in [6, 6.07) is 18.3. The Morgan fingerprint density at radius 3 is 2.46 bits per heavy atom. The predicted molar refractivity (Wildman–Crippen MR) is 148 cm³/mol. The van der Waals surface area contributed by atoms with Gasteiger partial charge in [0.15, 0.2) is 0 Å². The van der Waals surface area contributed by atoms with Crippen molar-refractivity contribution in [1.29, 1.82) is 0 Å². The minimum Gasteiger partial charge on any atom is -0.480 e. The van der Waals surface area contributed by atoms with Crippen molar-refractivity contribution in [2.24, 2.45) is 0 Å². The van der Waals surface area contributed by atoms with Crippen molar-refractivity contribution in [2.75, 3.05) is 11.9 Å². The summed E-state index contributed by atoms with van der Waals surface area (Å²) in [5, 5.41) is 15.4. The molecule has 1 aromatic heterocycles. The number of rotatable bonds is 11. The summed E-state index contributed by atoms with van der Waals surface area (Å²) in [5.41, 5.74) is 3.37. The van der Waals surface area contributed by atoms with Crippen LogP contribution in [0.1, 0.15) is 11.3 Å². The minimum atomic E-state index is -4.21. The number of carbonyl (C=O) groups is 2. The number of urea groups is 1. The lowest BCUT2D eigenvalue weighted by Gasteiger charge is -2.18. The van der Waals surface area contributed by atoms with E-state index in [1.165, 1.54) is 18.2 Å². The molecule has 0 spiro atoms. The molecule has 10 nitrogen and oxygen atoms in total. The summed E-state index contributed by atoms with van der Waals surface area (Å²) >= 11 is 6.02. The topological polar surface area (TPSA) is 153 Å². The summed E-state index contributed by atoms with van der Waals surface area (Å²) in [6.07, 6.45) is 3.62. The van der Waals surface area contributed by atoms with Crippen LogP contribution in [0.25, 0.3) is 11.1 Å². The molecule has 1 unspecified atom stereocenters. The van der Waals surface area contributed by atoms with Gasteiger partial charge < -0.3 is 20.7 Å². The lowest BCUT2D eigenvalue weighted by molar-refractivity contribution is -0.138. The highest BCUT2D eigenvalue weighted by Crippen LogP contribution is 2.30. The van der Waals surface area contributed by atoms with Crippen molar-refractivity contribution in [3.63, 3.8) is 0 Å². The Hall–Kier alpha value is -4.19. The Morgan fingerprint density at radius 1 is 1.03 bits per heavy atom. The highest BCUT2D eigenvalue weighted by Gasteiger charge is 2.27. The summed E-state index contributed by atoms with van der Waals surface area (Å²) in [4.78, 5) is 31.4. The maximum absolute atomic E-state index is 12.9. The molecule has 1 heterocycles. The van der Waals surface area contributed by atoms with E-state index in [0.29, 0.717) is 29.8 Å². The third-order valence-corrected chi connectivity index (χ3v) is 7.78. The van der Waals surface area contributed by atoms with Crippen molar-refractivity contribution < 1.29 is 23.1 Å². The van der Waals surface area contributed by atoms with Crippen LogP contribution in [-0.4, -0.2) is 48.1 Å². The molecule has 0 bridgehead atoms. The van der Waals surface area contributed by atoms with Crippen molar-refractivity contribution in [2.45, 2.75) is 23.8 Å². The Labute approximate surface area is 230 Å². The molecule has 39 heavy (non-hydrogen) atoms. The number of sulfonamides is 1. The number of aliphatic carboxylic acids is 1. The molecule has 5 N–H and O–H groups in total. The number of halogens is 1. The van der Waals surface area contributed by atoms with E-state index in [-0.39, 0.29) is 16.3 Å². The summed E-state index contributed by atoms with van der Waals surface area (Å²) < 4.78 is 28.0. The molecule has 3 aromatic carbocycles. The fourth-order valence-corrected chi connectivity index (χ4v) is 5.63. The zero-order valence-corrected chi connectivity index (χ0v) is 22.2. The third-order valence-electron chi connectivity index (χ3n) is 5.81. The number of carbonyl (C=O) groups excluding carboxylic acids is 1. The Balaban J connectivity index is 1.55. The molecule has 0 fully saturated rings. The molecule has 0 radical (unpaired) electrons. The quantitative estimate of drug-likeness (QED) is 0.184. The van der Waals surface area contributed by atoms with E-state index >= 15 is 0 Å². The molecular formula is C27H26ClN5O5S. The zero-order chi connectivity index (χ0) is 27.8. The second-order valence-corrected chi connectivity index (χ2v) is 10.7. The molecule has 4 aromatic rings. The van der Waals surface area contributed by atoms with Gasteiger partial charge in [-0.25, -0.2) is 18.2 Å². The molecule has 12 heteroatoms. The van der Waals surface area contributed by atoms with E-state index in [2.05, 4.69) is 25.3 Å². The van der Waals surface area contributed by atoms with Gasteiger partial charge in [0, 0.05) is 30.4 Å². The lowest BCUT2D eigenvalue weighted by atomic mass is 9.98. The van der Waals surface area contributed by atoms with E-state index in [9.17, 15) is 23.1 Å². The van der Waals surface area contributed by atoms with Crippen molar-refractivity contribution in [1.82, 2.24) is 20.0 Å². The minimum absolute atomic E-state index is 0.0219. The molecule has 202 valence electrons. The molecule has 0 saturated carbocycles. The molecule has 2 amide bonds. The number of benzene rings is 3. The summed E-state index contributed by atoms with van der Waals surface area (Å²) in [5.74, 6) is -1.36. The largest absolute Gasteiger partial charge is 0.480 e. The van der Waals surface area contributed by atoms with E-state index in [1.807, 2.05) is 30.3 Å². The first-order valence-electron chi connectivity index (χ1n) is 11.9. The average Bonchev–Trinajstić information content (AvgIpc) is 3.42. The third kappa shape index (κ3) is 7.44. The SMILES string of the molecule is O=C(NCCc1cnc[nH]1)Nc1cc(CC(NS(=O)(=O)c2ccccc2Cl)C(=O)O)ccc1-c1ccccc1. The van der Waals surface area contributed by atoms with Gasteiger partial charge in [-0.05, 0) is 35.7 Å². The second-order valence-electron chi connectivity index (χ2n) is 8.60. The number of H-pyrrole nitrogens is 1. The van der Waals surface area contributed by atoms with Crippen molar-refractivity contribution in [3.05, 3.63) is 102 Å². The molecule has 1 atom stereocenters. The number of aromatic nitrogens is 2. The van der Waals surface area contributed by atoms with Gasteiger partial charge in [-0.3, -0.25) is 4.79 Å². The van der Waals surface area contributed by atoms with Gasteiger partial charge in [-0.2, -0.15) is 4.72 Å². The van der Waals surface area contributed by atoms with Crippen LogP contribution >= 0.6 is 11.6 Å². The second kappa shape index (κ2) is 12.6. The lowest BCUT2D eigenvalue weighted by Crippen LogP contribution is -2.42. The number of hydrogen-bond acceptors (Lipinski definition) is 5. The number of imidazole rings is 1. The number of carboxylic acid groups (broad SMARTS) is 1. The molecule has 4 rings (SSSR count). The Morgan fingerprint density at radius 2 is 1.77 bits per heavy atom. The maximum atomic E-state index is 12.9. The Bertz CT molecular complexity index is 1550. The maximum Gasteiger partial charge on any atom is 0.322 e. The highest BCUT2D eigenvalue weighted by atomic mass is 35.5. The van der Waals surface area contributed by atoms with Gasteiger partial charge in [0.1, 0.15) is 10.9 Å². The molecule has 0 aliphatic carbocycles. The van der Waals surface area contributed by atoms with Crippen LogP contribution in [0.2, 0.25) is 5.02 Å². The fraction of sp³-hybridized carbons (Fsp3) is 0.148. The van der Waals surface area contributed by atoms with E-state index < -0.39 is 28.1 Å². The number of aromatic amines is 1. The summed E-state index contributed by atoms with van der Waals surface area (Å²) in [7, 11) is -4.21. The van der Waals surface area contributed by atoms with Gasteiger partial charge in [-0.1, -0.05) is 66.2 Å². The first-order chi connectivity index (χ1) is 18.7. The van der Waals surface area contributed by atoms with Crippen molar-refractivity contribution in [3.8, 4) is 11.1 Å². The molecule has 0 aliphatic heterocycles. The number of amides is 2. The highest BCUT2D eigenvalue weighted by molar-refractivity contribution is 7.89. The van der Waals surface area contributed by atoms with Gasteiger partial charge in [0.2, 0.25) is 10.0 Å². The average molecular weight is 568 g/mol. The Kier molecular flexibility index (Phi) is 8.97. The normalized spacial score (nSPS) is 12.0. The predicted octanol–water partition coefficient (Wildman–Crippen LogP) is 4.07. The monoisotopic (exact) mass is 567 g/mol. The number of carboxylic acids is 1. The number of nitrogens with one attached hydrogen (secondary N) is 4. The van der Waals surface area contributed by atoms with Crippen LogP contribution in [0.4, 0.5) is 10.5 Å². The van der Waals surface area contributed by atoms with Gasteiger partial charge in [0.05, 0.1) is 17.0 Å². The molecule has 0 saturated heterocycles. The number of hydrogen-bond donors (Lipinski definition) is 5. The van der Waals surface area contributed by atoms with Crippen LogP contribution in [0.3, 0.4) is 0 Å². The molecule has 0 aliphatic rings. The van der Waals surface area contributed by atoms with Crippen LogP contribution in [0, 0.1) is 0 Å². The standard InChI is InChI=1S/C27H26ClN5O5S/c28-22-8-4-5-9-25(22)39(37,38)33-24(26(34)35)15-18-10-11-21(19-6-2-1-3-7-19)23(14-18)32-27(36)30-13-12-20-16-29-17-31-20/h1-11,14,16-17,24,33H,12-13,15H2,(H,29,31)(H,34,35)(H2,30,32,36). The summed E-state index contributed by atoms with van der Waals surface area (Å²) in [6.45, 7) is 0.360. The van der Waals surface area contributed by atoms with Gasteiger partial charge in [-0.15, -0.1) is 0 Å². The zero-order valence-electron chi connectivity index (χ0n) is 20.6. The van der Waals surface area contributed by atoms with E-state index in [1.54, 1.807) is 36.8 Å². The van der Waals surface area contributed by atoms with Crippen molar-refractivity contribution >= 4 is 39.3 Å². The number of anilines is 1. The first-order valence-corrected chi connectivity index (χ1v) is 13.8. The smallest absolute Gasteiger partial charge is 0.322 e. The van der Waals surface area contributed by atoms with Crippen LogP contribution in [0.15, 0.2) is 90.2 Å². The van der Waals surface area contributed by atoms with Crippen LogP contribution < -0.4 is 15.4 Å². The van der Waals surface area contributed by atoms with Gasteiger partial charge >= 0.3 is 12.0 Å². The number of nitrogens with zero attached hydrogens (tertiary/aromatic N) is 1.